The Bertz CT molecular complexity index is 794. The normalized spacial score (nSPS) is 15.0. The Morgan fingerprint density at radius 3 is 2.41 bits per heavy atom. The van der Waals surface area contributed by atoms with Gasteiger partial charge in [-0.2, -0.15) is 13.2 Å². The second kappa shape index (κ2) is 8.04. The molecule has 1 fully saturated rings. The first-order chi connectivity index (χ1) is 12.8. The van der Waals surface area contributed by atoms with Crippen molar-refractivity contribution in [1.82, 2.24) is 4.90 Å². The summed E-state index contributed by atoms with van der Waals surface area (Å²) in [6, 6.07) is 9.95. The number of alkyl halides is 3. The van der Waals surface area contributed by atoms with Crippen LogP contribution in [0.1, 0.15) is 5.56 Å². The molecular formula is C18H18ClF3N3O2+. The van der Waals surface area contributed by atoms with Crippen molar-refractivity contribution >= 4 is 23.3 Å². The van der Waals surface area contributed by atoms with Gasteiger partial charge in [0.1, 0.15) is 30.1 Å². The molecule has 1 amide bonds. The molecule has 0 aliphatic carbocycles. The molecule has 1 aromatic carbocycles. The number of benzene rings is 1. The zero-order chi connectivity index (χ0) is 19.4. The highest BCUT2D eigenvalue weighted by Gasteiger charge is 2.34. The standard InChI is InChI=1S/C18H17ClF3N3O2/c19-15-10-13(18(20,21)22)11-23-17(15)25-8-6-24(7-9-25)16(26)12-27-14-4-2-1-3-5-14/h1-5,10-11H,6-9,12H2/p+1. The van der Waals surface area contributed by atoms with Gasteiger partial charge in [0.2, 0.25) is 0 Å². The predicted molar refractivity (Wildman–Crippen MR) is 93.7 cm³/mol. The van der Waals surface area contributed by atoms with E-state index >= 15 is 0 Å². The topological polar surface area (TPSA) is 46.9 Å². The van der Waals surface area contributed by atoms with Crippen LogP contribution < -0.4 is 14.6 Å². The van der Waals surface area contributed by atoms with Crippen molar-refractivity contribution in [3.05, 3.63) is 53.2 Å². The van der Waals surface area contributed by atoms with Crippen LogP contribution >= 0.6 is 11.6 Å². The maximum atomic E-state index is 12.7. The Balaban J connectivity index is 1.55. The van der Waals surface area contributed by atoms with Crippen LogP contribution in [0.5, 0.6) is 5.75 Å². The summed E-state index contributed by atoms with van der Waals surface area (Å²) in [5.41, 5.74) is -0.830. The van der Waals surface area contributed by atoms with Gasteiger partial charge >= 0.3 is 6.18 Å². The number of para-hydroxylation sites is 1. The van der Waals surface area contributed by atoms with Crippen LogP contribution in [0.15, 0.2) is 42.6 Å². The largest absolute Gasteiger partial charge is 0.484 e. The fraction of sp³-hybridized carbons (Fsp3) is 0.333. The molecule has 9 heteroatoms. The molecule has 0 bridgehead atoms. The van der Waals surface area contributed by atoms with Crippen LogP contribution in [0, 0.1) is 0 Å². The fourth-order valence-electron chi connectivity index (χ4n) is 2.80. The van der Waals surface area contributed by atoms with Gasteiger partial charge in [0.25, 0.3) is 11.7 Å². The van der Waals surface area contributed by atoms with E-state index in [-0.39, 0.29) is 17.5 Å². The van der Waals surface area contributed by atoms with Crippen molar-refractivity contribution in [3.8, 4) is 5.75 Å². The first-order valence-electron chi connectivity index (χ1n) is 8.33. The number of carbonyl (C=O) groups excluding carboxylic acids is 1. The number of aromatic amines is 1. The number of rotatable bonds is 4. The number of nitrogens with one attached hydrogen (secondary N) is 1. The number of carbonyl (C=O) groups is 1. The van der Waals surface area contributed by atoms with Crippen molar-refractivity contribution < 1.29 is 27.7 Å². The highest BCUT2D eigenvalue weighted by Crippen LogP contribution is 2.32. The van der Waals surface area contributed by atoms with Crippen molar-refractivity contribution in [2.24, 2.45) is 0 Å². The van der Waals surface area contributed by atoms with E-state index in [2.05, 4.69) is 4.98 Å². The molecule has 27 heavy (non-hydrogen) atoms. The molecule has 1 aromatic heterocycles. The minimum atomic E-state index is -4.46. The number of pyridine rings is 1. The third-order valence-corrected chi connectivity index (χ3v) is 4.54. The number of H-pyrrole nitrogens is 1. The molecule has 1 saturated heterocycles. The molecule has 2 aromatic rings. The van der Waals surface area contributed by atoms with E-state index in [1.807, 2.05) is 23.1 Å². The molecule has 1 N–H and O–H groups in total. The predicted octanol–water partition coefficient (Wildman–Crippen LogP) is 2.90. The Morgan fingerprint density at radius 2 is 1.81 bits per heavy atom. The van der Waals surface area contributed by atoms with Crippen LogP contribution in [0.3, 0.4) is 0 Å². The van der Waals surface area contributed by atoms with Crippen molar-refractivity contribution in [3.63, 3.8) is 0 Å². The lowest BCUT2D eigenvalue weighted by atomic mass is 10.2. The third kappa shape index (κ3) is 4.82. The van der Waals surface area contributed by atoms with Gasteiger partial charge in [-0.15, -0.1) is 0 Å². The summed E-state index contributed by atoms with van der Waals surface area (Å²) in [6.07, 6.45) is -3.56. The number of nitrogens with zero attached hydrogens (tertiary/aromatic N) is 2. The van der Waals surface area contributed by atoms with Crippen molar-refractivity contribution in [2.45, 2.75) is 6.18 Å². The van der Waals surface area contributed by atoms with Crippen LogP contribution in [0.4, 0.5) is 19.0 Å². The molecule has 0 radical (unpaired) electrons. The highest BCUT2D eigenvalue weighted by molar-refractivity contribution is 6.32. The third-order valence-electron chi connectivity index (χ3n) is 4.25. The van der Waals surface area contributed by atoms with Crippen LogP contribution in [0.2, 0.25) is 5.02 Å². The summed E-state index contributed by atoms with van der Waals surface area (Å²) < 4.78 is 43.6. The molecule has 1 aliphatic heterocycles. The summed E-state index contributed by atoms with van der Waals surface area (Å²) in [7, 11) is 0. The first kappa shape index (κ1) is 19.3. The molecule has 0 saturated carbocycles. The number of piperazine rings is 1. The van der Waals surface area contributed by atoms with E-state index in [0.29, 0.717) is 37.7 Å². The van der Waals surface area contributed by atoms with Gasteiger partial charge in [-0.1, -0.05) is 29.8 Å². The van der Waals surface area contributed by atoms with Gasteiger partial charge in [0, 0.05) is 0 Å². The zero-order valence-corrected chi connectivity index (χ0v) is 15.1. The number of hydrogen-bond donors (Lipinski definition) is 0. The molecule has 2 heterocycles. The average Bonchev–Trinajstić information content (AvgIpc) is 2.66. The van der Waals surface area contributed by atoms with Gasteiger partial charge in [-0.05, 0) is 18.2 Å². The molecule has 144 valence electrons. The number of amides is 1. The second-order valence-corrected chi connectivity index (χ2v) is 6.46. The minimum Gasteiger partial charge on any atom is -0.484 e. The molecule has 0 spiro atoms. The number of ether oxygens (including phenoxy) is 1. The van der Waals surface area contributed by atoms with E-state index in [1.54, 1.807) is 17.0 Å². The summed E-state index contributed by atoms with van der Waals surface area (Å²) in [6.45, 7) is 1.72. The zero-order valence-electron chi connectivity index (χ0n) is 14.3. The van der Waals surface area contributed by atoms with Gasteiger partial charge in [-0.3, -0.25) is 9.69 Å². The minimum absolute atomic E-state index is 0.00277. The molecule has 3 rings (SSSR count). The van der Waals surface area contributed by atoms with E-state index < -0.39 is 11.7 Å². The number of aromatic nitrogens is 1. The van der Waals surface area contributed by atoms with Gasteiger partial charge in [-0.25, -0.2) is 4.98 Å². The lowest BCUT2D eigenvalue weighted by Gasteiger charge is -2.31. The summed E-state index contributed by atoms with van der Waals surface area (Å²) in [4.78, 5) is 18.4. The Labute approximate surface area is 159 Å². The molecule has 5 nitrogen and oxygen atoms in total. The Morgan fingerprint density at radius 1 is 1.15 bits per heavy atom. The van der Waals surface area contributed by atoms with Gasteiger partial charge in [0.15, 0.2) is 6.61 Å². The molecule has 0 atom stereocenters. The van der Waals surface area contributed by atoms with Crippen molar-refractivity contribution in [1.29, 1.82) is 0 Å². The van der Waals surface area contributed by atoms with Crippen LogP contribution in [-0.2, 0) is 11.0 Å². The molecule has 0 unspecified atom stereocenters. The van der Waals surface area contributed by atoms with Gasteiger partial charge < -0.3 is 9.64 Å². The summed E-state index contributed by atoms with van der Waals surface area (Å²) in [5.74, 6) is 0.897. The summed E-state index contributed by atoms with van der Waals surface area (Å²) >= 11 is 6.01. The lowest BCUT2D eigenvalue weighted by Crippen LogP contribution is -2.51. The summed E-state index contributed by atoms with van der Waals surface area (Å²) in [5, 5.41) is -0.00277. The Hall–Kier alpha value is -2.48. The monoisotopic (exact) mass is 400 g/mol. The smallest absolute Gasteiger partial charge is 0.419 e. The number of anilines is 1. The van der Waals surface area contributed by atoms with E-state index in [0.717, 1.165) is 12.3 Å². The Kier molecular flexibility index (Phi) is 5.74. The van der Waals surface area contributed by atoms with E-state index in [1.165, 1.54) is 0 Å². The quantitative estimate of drug-likeness (QED) is 0.793. The van der Waals surface area contributed by atoms with E-state index in [4.69, 9.17) is 16.3 Å². The number of hydrogen-bond acceptors (Lipinski definition) is 3. The van der Waals surface area contributed by atoms with Crippen LogP contribution in [-0.4, -0.2) is 43.6 Å². The lowest BCUT2D eigenvalue weighted by molar-refractivity contribution is -0.367. The van der Waals surface area contributed by atoms with Crippen LogP contribution in [0.25, 0.3) is 0 Å². The maximum absolute atomic E-state index is 12.7. The SMILES string of the molecule is O=C(COc1ccccc1)N1CCN(c2[nH+]cc(C(F)(F)F)cc2Cl)CC1. The fourth-order valence-corrected chi connectivity index (χ4v) is 3.09. The first-order valence-corrected chi connectivity index (χ1v) is 8.71. The van der Waals surface area contributed by atoms with Gasteiger partial charge in [0.05, 0.1) is 18.7 Å². The second-order valence-electron chi connectivity index (χ2n) is 6.05. The van der Waals surface area contributed by atoms with Crippen molar-refractivity contribution in [2.75, 3.05) is 37.7 Å². The number of halogens is 4. The average molecular weight is 401 g/mol. The molecular weight excluding hydrogens is 383 g/mol. The highest BCUT2D eigenvalue weighted by atomic mass is 35.5. The molecule has 1 aliphatic rings. The van der Waals surface area contributed by atoms with E-state index in [9.17, 15) is 18.0 Å². The maximum Gasteiger partial charge on any atom is 0.419 e.